The summed E-state index contributed by atoms with van der Waals surface area (Å²) in [4.78, 5) is 13.1. The summed E-state index contributed by atoms with van der Waals surface area (Å²) in [6.07, 6.45) is 3.76. The molecule has 3 rings (SSSR count). The van der Waals surface area contributed by atoms with E-state index in [1.54, 1.807) is 18.2 Å². The summed E-state index contributed by atoms with van der Waals surface area (Å²) < 4.78 is 24.4. The van der Waals surface area contributed by atoms with Gasteiger partial charge in [-0.15, -0.1) is 0 Å². The first-order valence-electron chi connectivity index (χ1n) is 8.52. The predicted molar refractivity (Wildman–Crippen MR) is 90.0 cm³/mol. The Labute approximate surface area is 138 Å². The summed E-state index contributed by atoms with van der Waals surface area (Å²) in [5, 5.41) is 3.20. The summed E-state index contributed by atoms with van der Waals surface area (Å²) in [5.74, 6) is 0.777. The lowest BCUT2D eigenvalue weighted by Crippen LogP contribution is -2.46. The van der Waals surface area contributed by atoms with Crippen molar-refractivity contribution in [2.24, 2.45) is 11.8 Å². The maximum atomic E-state index is 12.8. The fraction of sp³-hybridized carbons (Fsp3) is 0.611. The summed E-state index contributed by atoms with van der Waals surface area (Å²) in [6.45, 7) is 4.44. The molecule has 0 spiro atoms. The Hall–Kier alpha value is -1.36. The van der Waals surface area contributed by atoms with Crippen molar-refractivity contribution in [3.8, 4) is 0 Å². The normalized spacial score (nSPS) is 32.8. The Bertz CT molecular complexity index is 698. The Morgan fingerprint density at radius 2 is 1.87 bits per heavy atom. The van der Waals surface area contributed by atoms with Crippen LogP contribution in [0, 0.1) is 11.8 Å². The molecule has 1 amide bonds. The van der Waals surface area contributed by atoms with Crippen molar-refractivity contribution >= 4 is 15.7 Å². The third kappa shape index (κ3) is 3.16. The number of amides is 1. The van der Waals surface area contributed by atoms with Crippen molar-refractivity contribution in [2.75, 3.05) is 5.75 Å². The lowest BCUT2D eigenvalue weighted by molar-refractivity contribution is -0.124. The van der Waals surface area contributed by atoms with E-state index >= 15 is 0 Å². The molecule has 5 heteroatoms. The lowest BCUT2D eigenvalue weighted by Gasteiger charge is -2.36. The Morgan fingerprint density at radius 1 is 1.13 bits per heavy atom. The largest absolute Gasteiger partial charge is 0.353 e. The van der Waals surface area contributed by atoms with Gasteiger partial charge in [0.15, 0.2) is 9.84 Å². The molecule has 126 valence electrons. The summed E-state index contributed by atoms with van der Waals surface area (Å²) >= 11 is 0. The van der Waals surface area contributed by atoms with Crippen LogP contribution in [0.5, 0.6) is 0 Å². The van der Waals surface area contributed by atoms with Crippen LogP contribution in [0.2, 0.25) is 0 Å². The number of carbonyl (C=O) groups is 1. The van der Waals surface area contributed by atoms with Crippen LogP contribution in [0.3, 0.4) is 0 Å². The fourth-order valence-electron chi connectivity index (χ4n) is 3.93. The molecule has 4 atom stereocenters. The molecule has 1 aliphatic carbocycles. The van der Waals surface area contributed by atoms with Gasteiger partial charge in [-0.25, -0.2) is 8.42 Å². The number of carbonyl (C=O) groups excluding carboxylic acids is 1. The number of hydrogen-bond acceptors (Lipinski definition) is 3. The minimum Gasteiger partial charge on any atom is -0.353 e. The molecular formula is C18H25NO3S. The molecule has 1 aliphatic heterocycles. The van der Waals surface area contributed by atoms with Crippen molar-refractivity contribution in [3.63, 3.8) is 0 Å². The molecule has 1 N–H and O–H groups in total. The first kappa shape index (κ1) is 16.5. The maximum Gasteiger partial charge on any atom is 0.227 e. The van der Waals surface area contributed by atoms with Gasteiger partial charge in [-0.2, -0.15) is 0 Å². The molecule has 4 unspecified atom stereocenters. The molecule has 1 aromatic carbocycles. The van der Waals surface area contributed by atoms with Gasteiger partial charge in [0, 0.05) is 6.04 Å². The fourth-order valence-corrected chi connectivity index (χ4v) is 5.55. The SMILES string of the molecule is CC1CCCC(NC(=O)C2CCS(=O)(=O)c3ccccc32)C1C. The third-order valence-corrected chi connectivity index (χ3v) is 7.47. The van der Waals surface area contributed by atoms with Crippen LogP contribution in [0.1, 0.15) is 51.0 Å². The quantitative estimate of drug-likeness (QED) is 0.904. The molecule has 2 aliphatic rings. The highest BCUT2D eigenvalue weighted by atomic mass is 32.2. The monoisotopic (exact) mass is 335 g/mol. The zero-order valence-corrected chi connectivity index (χ0v) is 14.6. The van der Waals surface area contributed by atoms with Gasteiger partial charge in [-0.3, -0.25) is 4.79 Å². The molecule has 0 radical (unpaired) electrons. The molecular weight excluding hydrogens is 310 g/mol. The number of nitrogens with one attached hydrogen (secondary N) is 1. The topological polar surface area (TPSA) is 63.2 Å². The van der Waals surface area contributed by atoms with Crippen LogP contribution in [-0.2, 0) is 14.6 Å². The zero-order valence-electron chi connectivity index (χ0n) is 13.8. The second kappa shape index (κ2) is 6.27. The van der Waals surface area contributed by atoms with Gasteiger partial charge in [0.1, 0.15) is 0 Å². The zero-order chi connectivity index (χ0) is 16.6. The van der Waals surface area contributed by atoms with Crippen LogP contribution in [0.4, 0.5) is 0 Å². The van der Waals surface area contributed by atoms with E-state index in [4.69, 9.17) is 0 Å². The van der Waals surface area contributed by atoms with Crippen LogP contribution in [-0.4, -0.2) is 26.1 Å². The number of fused-ring (bicyclic) bond motifs is 1. The number of rotatable bonds is 2. The van der Waals surface area contributed by atoms with Crippen LogP contribution < -0.4 is 5.32 Å². The smallest absolute Gasteiger partial charge is 0.227 e. The molecule has 1 saturated carbocycles. The van der Waals surface area contributed by atoms with Crippen LogP contribution >= 0.6 is 0 Å². The Balaban J connectivity index is 1.81. The van der Waals surface area contributed by atoms with Crippen molar-refractivity contribution in [3.05, 3.63) is 29.8 Å². The van der Waals surface area contributed by atoms with Crippen molar-refractivity contribution in [1.82, 2.24) is 5.32 Å². The Kier molecular flexibility index (Phi) is 4.50. The second-order valence-electron chi connectivity index (χ2n) is 7.08. The average molecular weight is 335 g/mol. The molecule has 1 fully saturated rings. The van der Waals surface area contributed by atoms with E-state index in [1.165, 1.54) is 6.42 Å². The maximum absolute atomic E-state index is 12.8. The van der Waals surface area contributed by atoms with Crippen molar-refractivity contribution in [1.29, 1.82) is 0 Å². The Morgan fingerprint density at radius 3 is 2.65 bits per heavy atom. The van der Waals surface area contributed by atoms with Gasteiger partial charge in [-0.1, -0.05) is 44.9 Å². The van der Waals surface area contributed by atoms with Gasteiger partial charge >= 0.3 is 0 Å². The van der Waals surface area contributed by atoms with Crippen LogP contribution in [0.15, 0.2) is 29.2 Å². The second-order valence-corrected chi connectivity index (χ2v) is 9.16. The molecule has 1 heterocycles. The van der Waals surface area contributed by atoms with Crippen molar-refractivity contribution < 1.29 is 13.2 Å². The lowest BCUT2D eigenvalue weighted by atomic mass is 9.77. The van der Waals surface area contributed by atoms with Gasteiger partial charge in [0.25, 0.3) is 0 Å². The van der Waals surface area contributed by atoms with E-state index in [1.807, 2.05) is 6.07 Å². The highest BCUT2D eigenvalue weighted by Crippen LogP contribution is 2.35. The van der Waals surface area contributed by atoms with Gasteiger partial charge in [-0.05, 0) is 36.3 Å². The first-order valence-corrected chi connectivity index (χ1v) is 10.2. The average Bonchev–Trinajstić information content (AvgIpc) is 2.52. The standard InChI is InChI=1S/C18H25NO3S/c1-12-6-5-8-16(13(12)2)19-18(20)15-10-11-23(21,22)17-9-4-3-7-14(15)17/h3-4,7,9,12-13,15-16H,5-6,8,10-11H2,1-2H3,(H,19,20). The molecule has 0 aromatic heterocycles. The highest BCUT2D eigenvalue weighted by molar-refractivity contribution is 7.91. The van der Waals surface area contributed by atoms with Gasteiger partial charge in [0.05, 0.1) is 16.6 Å². The minimum absolute atomic E-state index is 0.0155. The van der Waals surface area contributed by atoms with E-state index in [0.717, 1.165) is 12.8 Å². The van der Waals surface area contributed by atoms with E-state index in [9.17, 15) is 13.2 Å². The molecule has 4 nitrogen and oxygen atoms in total. The highest BCUT2D eigenvalue weighted by Gasteiger charge is 2.36. The van der Waals surface area contributed by atoms with Gasteiger partial charge < -0.3 is 5.32 Å². The summed E-state index contributed by atoms with van der Waals surface area (Å²) in [5.41, 5.74) is 0.660. The molecule has 1 aromatic rings. The molecule has 0 bridgehead atoms. The summed E-state index contributed by atoms with van der Waals surface area (Å²) in [7, 11) is -3.24. The third-order valence-electron chi connectivity index (χ3n) is 5.66. The van der Waals surface area contributed by atoms with Gasteiger partial charge in [0.2, 0.25) is 5.91 Å². The summed E-state index contributed by atoms with van der Waals surface area (Å²) in [6, 6.07) is 7.14. The van der Waals surface area contributed by atoms with E-state index in [2.05, 4.69) is 19.2 Å². The minimum atomic E-state index is -3.24. The van der Waals surface area contributed by atoms with E-state index in [0.29, 0.717) is 28.7 Å². The van der Waals surface area contributed by atoms with Crippen molar-refractivity contribution in [2.45, 2.75) is 56.4 Å². The first-order chi connectivity index (χ1) is 10.9. The predicted octanol–water partition coefficient (Wildman–Crippen LogP) is 2.89. The molecule has 0 saturated heterocycles. The molecule has 23 heavy (non-hydrogen) atoms. The van der Waals surface area contributed by atoms with Crippen LogP contribution in [0.25, 0.3) is 0 Å². The number of benzene rings is 1. The van der Waals surface area contributed by atoms with E-state index < -0.39 is 9.84 Å². The number of hydrogen-bond donors (Lipinski definition) is 1. The van der Waals surface area contributed by atoms with E-state index in [-0.39, 0.29) is 23.6 Å². The number of sulfone groups is 1.